The molecule has 0 bridgehead atoms. The Balaban J connectivity index is 2.36. The number of rotatable bonds is 6. The Bertz CT molecular complexity index is 217. The van der Waals surface area contributed by atoms with Crippen molar-refractivity contribution < 1.29 is 0 Å². The van der Waals surface area contributed by atoms with Crippen molar-refractivity contribution in [1.29, 1.82) is 0 Å². The van der Waals surface area contributed by atoms with Crippen molar-refractivity contribution in [2.45, 2.75) is 59.9 Å². The second-order valence-corrected chi connectivity index (χ2v) is 6.94. The minimum absolute atomic E-state index is 0.332. The number of nitrogens with two attached hydrogens (primary N) is 1. The van der Waals surface area contributed by atoms with Gasteiger partial charge in [-0.25, -0.2) is 0 Å². The topological polar surface area (TPSA) is 38.0 Å². The molecule has 1 aliphatic carbocycles. The highest BCUT2D eigenvalue weighted by molar-refractivity contribution is 4.93. The Labute approximate surface area is 108 Å². The molecule has 0 heterocycles. The van der Waals surface area contributed by atoms with Gasteiger partial charge >= 0.3 is 0 Å². The van der Waals surface area contributed by atoms with Crippen LogP contribution in [0.25, 0.3) is 0 Å². The predicted molar refractivity (Wildman–Crippen MR) is 76.0 cm³/mol. The first-order chi connectivity index (χ1) is 7.87. The SMILES string of the molecule is CC(C)C(CNCC1(C)CCCC1N)C(C)C. The summed E-state index contributed by atoms with van der Waals surface area (Å²) in [5, 5.41) is 3.68. The van der Waals surface area contributed by atoms with Gasteiger partial charge in [0.1, 0.15) is 0 Å². The fourth-order valence-corrected chi connectivity index (χ4v) is 3.24. The molecule has 2 atom stereocenters. The standard InChI is InChI=1S/C15H32N2/c1-11(2)13(12(3)4)9-17-10-15(5)8-6-7-14(15)16/h11-14,17H,6-10,16H2,1-5H3. The van der Waals surface area contributed by atoms with Crippen molar-refractivity contribution in [1.82, 2.24) is 5.32 Å². The molecule has 0 aromatic heterocycles. The van der Waals surface area contributed by atoms with Crippen LogP contribution in [0.4, 0.5) is 0 Å². The predicted octanol–water partition coefficient (Wildman–Crippen LogP) is 3.02. The molecule has 102 valence electrons. The third kappa shape index (κ3) is 3.96. The Morgan fingerprint density at radius 2 is 1.82 bits per heavy atom. The van der Waals surface area contributed by atoms with Gasteiger partial charge in [0.25, 0.3) is 0 Å². The maximum absolute atomic E-state index is 6.21. The second-order valence-electron chi connectivity index (χ2n) is 6.94. The van der Waals surface area contributed by atoms with Crippen LogP contribution in [0.5, 0.6) is 0 Å². The highest BCUT2D eigenvalue weighted by atomic mass is 14.9. The molecule has 1 fully saturated rings. The average Bonchev–Trinajstić information content (AvgIpc) is 2.53. The van der Waals surface area contributed by atoms with Crippen LogP contribution < -0.4 is 11.1 Å². The van der Waals surface area contributed by atoms with Crippen molar-refractivity contribution >= 4 is 0 Å². The Morgan fingerprint density at radius 3 is 2.24 bits per heavy atom. The van der Waals surface area contributed by atoms with Crippen LogP contribution in [-0.4, -0.2) is 19.1 Å². The molecule has 0 aromatic rings. The molecule has 1 rings (SSSR count). The van der Waals surface area contributed by atoms with Crippen LogP contribution in [0.2, 0.25) is 0 Å². The molecule has 2 nitrogen and oxygen atoms in total. The van der Waals surface area contributed by atoms with Gasteiger partial charge in [-0.1, -0.05) is 41.0 Å². The van der Waals surface area contributed by atoms with Gasteiger partial charge in [0.15, 0.2) is 0 Å². The Hall–Kier alpha value is -0.0800. The minimum atomic E-state index is 0.332. The van der Waals surface area contributed by atoms with E-state index < -0.39 is 0 Å². The molecular formula is C15H32N2. The van der Waals surface area contributed by atoms with E-state index in [1.54, 1.807) is 0 Å². The summed E-state index contributed by atoms with van der Waals surface area (Å²) < 4.78 is 0. The van der Waals surface area contributed by atoms with Gasteiger partial charge in [0, 0.05) is 12.6 Å². The molecular weight excluding hydrogens is 208 g/mol. The van der Waals surface area contributed by atoms with Gasteiger partial charge in [-0.15, -0.1) is 0 Å². The molecule has 0 aromatic carbocycles. The van der Waals surface area contributed by atoms with E-state index in [1.165, 1.54) is 19.3 Å². The van der Waals surface area contributed by atoms with Crippen LogP contribution in [0.1, 0.15) is 53.9 Å². The zero-order chi connectivity index (χ0) is 13.1. The normalized spacial score (nSPS) is 29.8. The molecule has 1 aliphatic rings. The molecule has 17 heavy (non-hydrogen) atoms. The lowest BCUT2D eigenvalue weighted by Crippen LogP contribution is -2.44. The van der Waals surface area contributed by atoms with Crippen molar-refractivity contribution in [3.05, 3.63) is 0 Å². The van der Waals surface area contributed by atoms with Crippen LogP contribution in [0.3, 0.4) is 0 Å². The molecule has 3 N–H and O–H groups in total. The highest BCUT2D eigenvalue weighted by Gasteiger charge is 2.36. The fourth-order valence-electron chi connectivity index (χ4n) is 3.24. The summed E-state index contributed by atoms with van der Waals surface area (Å²) in [5.74, 6) is 2.29. The van der Waals surface area contributed by atoms with E-state index in [9.17, 15) is 0 Å². The second kappa shape index (κ2) is 6.19. The lowest BCUT2D eigenvalue weighted by atomic mass is 9.83. The van der Waals surface area contributed by atoms with E-state index in [0.29, 0.717) is 11.5 Å². The molecule has 0 saturated heterocycles. The van der Waals surface area contributed by atoms with E-state index in [2.05, 4.69) is 39.9 Å². The first-order valence-corrected chi connectivity index (χ1v) is 7.33. The van der Waals surface area contributed by atoms with Crippen molar-refractivity contribution in [2.75, 3.05) is 13.1 Å². The molecule has 2 unspecified atom stereocenters. The van der Waals surface area contributed by atoms with Gasteiger partial charge in [0.2, 0.25) is 0 Å². The zero-order valence-electron chi connectivity index (χ0n) is 12.4. The fraction of sp³-hybridized carbons (Fsp3) is 1.00. The maximum Gasteiger partial charge on any atom is 0.0105 e. The highest BCUT2D eigenvalue weighted by Crippen LogP contribution is 2.36. The summed E-state index contributed by atoms with van der Waals surface area (Å²) in [7, 11) is 0. The largest absolute Gasteiger partial charge is 0.327 e. The molecule has 1 saturated carbocycles. The lowest BCUT2D eigenvalue weighted by molar-refractivity contribution is 0.234. The first kappa shape index (κ1) is 15.0. The summed E-state index contributed by atoms with van der Waals surface area (Å²) in [4.78, 5) is 0. The monoisotopic (exact) mass is 240 g/mol. The Morgan fingerprint density at radius 1 is 1.24 bits per heavy atom. The third-order valence-corrected chi connectivity index (χ3v) is 4.78. The van der Waals surface area contributed by atoms with E-state index in [0.717, 1.165) is 30.8 Å². The van der Waals surface area contributed by atoms with Crippen molar-refractivity contribution in [3.8, 4) is 0 Å². The summed E-state index contributed by atoms with van der Waals surface area (Å²) in [6, 6.07) is 0.395. The summed E-state index contributed by atoms with van der Waals surface area (Å²) in [5.41, 5.74) is 6.54. The minimum Gasteiger partial charge on any atom is -0.327 e. The van der Waals surface area contributed by atoms with Crippen LogP contribution >= 0.6 is 0 Å². The van der Waals surface area contributed by atoms with E-state index in [4.69, 9.17) is 5.73 Å². The van der Waals surface area contributed by atoms with Gasteiger partial charge < -0.3 is 11.1 Å². The summed E-state index contributed by atoms with van der Waals surface area (Å²) >= 11 is 0. The van der Waals surface area contributed by atoms with E-state index in [-0.39, 0.29) is 0 Å². The quantitative estimate of drug-likeness (QED) is 0.749. The summed E-state index contributed by atoms with van der Waals surface area (Å²) in [6.45, 7) is 13.9. The summed E-state index contributed by atoms with van der Waals surface area (Å²) in [6.07, 6.45) is 3.79. The first-order valence-electron chi connectivity index (χ1n) is 7.33. The molecule has 0 spiro atoms. The van der Waals surface area contributed by atoms with E-state index >= 15 is 0 Å². The maximum atomic E-state index is 6.21. The third-order valence-electron chi connectivity index (χ3n) is 4.78. The number of nitrogens with one attached hydrogen (secondary N) is 1. The van der Waals surface area contributed by atoms with Crippen molar-refractivity contribution in [3.63, 3.8) is 0 Å². The van der Waals surface area contributed by atoms with Crippen molar-refractivity contribution in [2.24, 2.45) is 28.9 Å². The molecule has 0 amide bonds. The van der Waals surface area contributed by atoms with Gasteiger partial charge in [0.05, 0.1) is 0 Å². The molecule has 0 aliphatic heterocycles. The molecule has 2 heteroatoms. The zero-order valence-corrected chi connectivity index (χ0v) is 12.4. The smallest absolute Gasteiger partial charge is 0.0105 e. The Kier molecular flexibility index (Phi) is 5.46. The van der Waals surface area contributed by atoms with Crippen LogP contribution in [-0.2, 0) is 0 Å². The van der Waals surface area contributed by atoms with Crippen LogP contribution in [0.15, 0.2) is 0 Å². The van der Waals surface area contributed by atoms with Gasteiger partial charge in [-0.2, -0.15) is 0 Å². The average molecular weight is 240 g/mol. The van der Waals surface area contributed by atoms with E-state index in [1.807, 2.05) is 0 Å². The van der Waals surface area contributed by atoms with Crippen LogP contribution in [0, 0.1) is 23.2 Å². The van der Waals surface area contributed by atoms with Gasteiger partial charge in [-0.3, -0.25) is 0 Å². The number of hydrogen-bond acceptors (Lipinski definition) is 2. The number of hydrogen-bond donors (Lipinski definition) is 2. The molecule has 0 radical (unpaired) electrons. The lowest BCUT2D eigenvalue weighted by Gasteiger charge is -2.32. The van der Waals surface area contributed by atoms with Gasteiger partial charge in [-0.05, 0) is 42.6 Å².